The topological polar surface area (TPSA) is 55.6 Å². The summed E-state index contributed by atoms with van der Waals surface area (Å²) in [6.07, 6.45) is 2.29. The molecule has 5 nitrogen and oxygen atoms in total. The molecule has 104 valence electrons. The monoisotopic (exact) mass is 328 g/mol. The number of halogens is 1. The lowest BCUT2D eigenvalue weighted by atomic mass is 9.99. The first-order valence-corrected chi connectivity index (χ1v) is 7.09. The minimum absolute atomic E-state index is 0.0106. The molecule has 0 aliphatic carbocycles. The van der Waals surface area contributed by atoms with E-state index in [0.717, 1.165) is 42.0 Å². The normalized spacial score (nSPS) is 16.5. The van der Waals surface area contributed by atoms with Crippen LogP contribution in [-0.4, -0.2) is 25.1 Å². The van der Waals surface area contributed by atoms with E-state index in [0.29, 0.717) is 5.75 Å². The zero-order valence-electron chi connectivity index (χ0n) is 11.1. The average Bonchev–Trinajstić information content (AvgIpc) is 2.39. The molecule has 0 aromatic heterocycles. The number of benzene rings is 1. The molecule has 1 aliphatic rings. The maximum Gasteiger partial charge on any atom is 0.312 e. The second kappa shape index (κ2) is 5.77. The van der Waals surface area contributed by atoms with Crippen molar-refractivity contribution in [3.63, 3.8) is 0 Å². The number of rotatable bonds is 3. The maximum atomic E-state index is 11.0. The third-order valence-electron chi connectivity index (χ3n) is 3.57. The van der Waals surface area contributed by atoms with Crippen LogP contribution in [0.15, 0.2) is 16.6 Å². The highest BCUT2D eigenvalue weighted by Crippen LogP contribution is 2.39. The van der Waals surface area contributed by atoms with Gasteiger partial charge in [0.1, 0.15) is 0 Å². The fraction of sp³-hybridized carbons (Fsp3) is 0.538. The van der Waals surface area contributed by atoms with Gasteiger partial charge in [0.2, 0.25) is 0 Å². The Morgan fingerprint density at radius 3 is 2.58 bits per heavy atom. The summed E-state index contributed by atoms with van der Waals surface area (Å²) in [6, 6.07) is 3.27. The molecular formula is C13H17BrN2O3. The Hall–Kier alpha value is -1.30. The van der Waals surface area contributed by atoms with Gasteiger partial charge >= 0.3 is 5.69 Å². The number of hydrogen-bond acceptors (Lipinski definition) is 4. The van der Waals surface area contributed by atoms with E-state index < -0.39 is 4.92 Å². The van der Waals surface area contributed by atoms with Crippen molar-refractivity contribution in [3.8, 4) is 5.75 Å². The van der Waals surface area contributed by atoms with Crippen molar-refractivity contribution >= 4 is 27.3 Å². The molecule has 1 aromatic rings. The first kappa shape index (κ1) is 14.1. The summed E-state index contributed by atoms with van der Waals surface area (Å²) in [7, 11) is 1.46. The lowest BCUT2D eigenvalue weighted by molar-refractivity contribution is -0.385. The van der Waals surface area contributed by atoms with Crippen LogP contribution in [0.25, 0.3) is 0 Å². The zero-order valence-corrected chi connectivity index (χ0v) is 12.6. The van der Waals surface area contributed by atoms with Gasteiger partial charge in [0.25, 0.3) is 0 Å². The van der Waals surface area contributed by atoms with Gasteiger partial charge in [-0.15, -0.1) is 0 Å². The van der Waals surface area contributed by atoms with E-state index in [9.17, 15) is 10.1 Å². The highest BCUT2D eigenvalue weighted by atomic mass is 79.9. The summed E-state index contributed by atoms with van der Waals surface area (Å²) in [5.41, 5.74) is 0.956. The van der Waals surface area contributed by atoms with E-state index in [1.165, 1.54) is 13.2 Å². The number of piperidine rings is 1. The maximum absolute atomic E-state index is 11.0. The molecule has 0 atom stereocenters. The molecule has 1 aliphatic heterocycles. The Balaban J connectivity index is 2.33. The molecule has 0 saturated carbocycles. The van der Waals surface area contributed by atoms with Gasteiger partial charge in [-0.05, 0) is 34.7 Å². The van der Waals surface area contributed by atoms with E-state index in [2.05, 4.69) is 27.8 Å². The number of nitro groups is 1. The Labute approximate surface area is 120 Å². The second-order valence-electron chi connectivity index (χ2n) is 4.90. The number of ether oxygens (including phenoxy) is 1. The number of methoxy groups -OCH3 is 1. The van der Waals surface area contributed by atoms with E-state index >= 15 is 0 Å². The summed E-state index contributed by atoms with van der Waals surface area (Å²) in [4.78, 5) is 12.8. The fourth-order valence-corrected chi connectivity index (χ4v) is 2.91. The van der Waals surface area contributed by atoms with Crippen LogP contribution in [0.5, 0.6) is 5.75 Å². The third-order valence-corrected chi connectivity index (χ3v) is 4.20. The molecule has 19 heavy (non-hydrogen) atoms. The SMILES string of the molecule is COc1cc(N2CCC(C)CC2)c(Br)cc1[N+](=O)[O-]. The van der Waals surface area contributed by atoms with Crippen LogP contribution in [0.4, 0.5) is 11.4 Å². The van der Waals surface area contributed by atoms with Gasteiger partial charge in [0.05, 0.1) is 17.7 Å². The Bertz CT molecular complexity index is 485. The van der Waals surface area contributed by atoms with Gasteiger partial charge in [0, 0.05) is 29.7 Å². The van der Waals surface area contributed by atoms with Crippen molar-refractivity contribution < 1.29 is 9.66 Å². The molecule has 1 saturated heterocycles. The molecule has 0 N–H and O–H groups in total. The Kier molecular flexibility index (Phi) is 4.29. The average molecular weight is 329 g/mol. The van der Waals surface area contributed by atoms with Crippen LogP contribution in [0, 0.1) is 16.0 Å². The first-order chi connectivity index (χ1) is 9.02. The number of anilines is 1. The Morgan fingerprint density at radius 2 is 2.05 bits per heavy atom. The van der Waals surface area contributed by atoms with Gasteiger partial charge in [-0.2, -0.15) is 0 Å². The molecule has 1 aromatic carbocycles. The molecule has 2 rings (SSSR count). The first-order valence-electron chi connectivity index (χ1n) is 6.29. The van der Waals surface area contributed by atoms with Crippen molar-refractivity contribution in [2.24, 2.45) is 5.92 Å². The summed E-state index contributed by atoms with van der Waals surface area (Å²) >= 11 is 3.43. The molecule has 0 unspecified atom stereocenters. The minimum Gasteiger partial charge on any atom is -0.490 e. The van der Waals surface area contributed by atoms with E-state index in [4.69, 9.17) is 4.74 Å². The molecule has 0 bridgehead atoms. The number of nitro benzene ring substituents is 1. The van der Waals surface area contributed by atoms with Crippen LogP contribution in [-0.2, 0) is 0 Å². The Morgan fingerprint density at radius 1 is 1.42 bits per heavy atom. The van der Waals surface area contributed by atoms with Crippen LogP contribution < -0.4 is 9.64 Å². The summed E-state index contributed by atoms with van der Waals surface area (Å²) < 4.78 is 5.87. The minimum atomic E-state index is -0.425. The smallest absolute Gasteiger partial charge is 0.312 e. The van der Waals surface area contributed by atoms with Crippen molar-refractivity contribution in [2.45, 2.75) is 19.8 Å². The van der Waals surface area contributed by atoms with Crippen LogP contribution in [0.1, 0.15) is 19.8 Å². The van der Waals surface area contributed by atoms with Crippen LogP contribution in [0.3, 0.4) is 0 Å². The summed E-state index contributed by atoms with van der Waals surface area (Å²) in [5, 5.41) is 11.0. The number of hydrogen-bond donors (Lipinski definition) is 0. The molecule has 0 radical (unpaired) electrons. The van der Waals surface area contributed by atoms with Gasteiger partial charge < -0.3 is 9.64 Å². The van der Waals surface area contributed by atoms with E-state index in [1.807, 2.05) is 0 Å². The van der Waals surface area contributed by atoms with Crippen LogP contribution >= 0.6 is 15.9 Å². The van der Waals surface area contributed by atoms with Gasteiger partial charge in [-0.3, -0.25) is 10.1 Å². The van der Waals surface area contributed by atoms with Crippen molar-refractivity contribution in [1.29, 1.82) is 0 Å². The van der Waals surface area contributed by atoms with Crippen molar-refractivity contribution in [1.82, 2.24) is 0 Å². The molecular weight excluding hydrogens is 312 g/mol. The van der Waals surface area contributed by atoms with Gasteiger partial charge in [-0.1, -0.05) is 6.92 Å². The molecule has 0 amide bonds. The van der Waals surface area contributed by atoms with Crippen molar-refractivity contribution in [3.05, 3.63) is 26.7 Å². The largest absolute Gasteiger partial charge is 0.490 e. The fourth-order valence-electron chi connectivity index (χ4n) is 2.33. The molecule has 0 spiro atoms. The van der Waals surface area contributed by atoms with Gasteiger partial charge in [0.15, 0.2) is 5.75 Å². The van der Waals surface area contributed by atoms with Crippen LogP contribution in [0.2, 0.25) is 0 Å². The van der Waals surface area contributed by atoms with E-state index in [-0.39, 0.29) is 5.69 Å². The highest BCUT2D eigenvalue weighted by Gasteiger charge is 2.23. The lowest BCUT2D eigenvalue weighted by Crippen LogP contribution is -2.33. The number of nitrogens with zero attached hydrogens (tertiary/aromatic N) is 2. The van der Waals surface area contributed by atoms with Crippen molar-refractivity contribution in [2.75, 3.05) is 25.1 Å². The quantitative estimate of drug-likeness (QED) is 0.628. The van der Waals surface area contributed by atoms with E-state index in [1.54, 1.807) is 6.07 Å². The second-order valence-corrected chi connectivity index (χ2v) is 5.76. The van der Waals surface area contributed by atoms with Gasteiger partial charge in [-0.25, -0.2) is 0 Å². The molecule has 1 fully saturated rings. The zero-order chi connectivity index (χ0) is 14.0. The summed E-state index contributed by atoms with van der Waals surface area (Å²) in [6.45, 7) is 4.20. The molecule has 1 heterocycles. The lowest BCUT2D eigenvalue weighted by Gasteiger charge is -2.32. The summed E-state index contributed by atoms with van der Waals surface area (Å²) in [5.74, 6) is 1.05. The molecule has 6 heteroatoms. The predicted molar refractivity (Wildman–Crippen MR) is 78.0 cm³/mol. The third kappa shape index (κ3) is 3.00. The predicted octanol–water partition coefficient (Wildman–Crippen LogP) is 3.60. The standard InChI is InChI=1S/C13H17BrN2O3/c1-9-3-5-15(6-4-9)11-8-13(19-2)12(16(17)18)7-10(11)14/h7-9H,3-6H2,1-2H3. The highest BCUT2D eigenvalue weighted by molar-refractivity contribution is 9.10.